The van der Waals surface area contributed by atoms with Gasteiger partial charge >= 0.3 is 0 Å². The third-order valence-electron chi connectivity index (χ3n) is 9.66. The molecule has 1 saturated carbocycles. The maximum atomic E-state index is 3.77. The van der Waals surface area contributed by atoms with Gasteiger partial charge in [-0.15, -0.1) is 0 Å². The van der Waals surface area contributed by atoms with E-state index in [2.05, 4.69) is 82.3 Å². The Hall–Kier alpha value is -1.02. The molecule has 4 aliphatic carbocycles. The van der Waals surface area contributed by atoms with Crippen molar-refractivity contribution in [1.82, 2.24) is 31.9 Å². The van der Waals surface area contributed by atoms with Crippen LogP contribution >= 0.6 is 0 Å². The molecule has 0 radical (unpaired) electrons. The highest BCUT2D eigenvalue weighted by molar-refractivity contribution is 5.09. The first-order valence-electron chi connectivity index (χ1n) is 15.1. The highest BCUT2D eigenvalue weighted by Crippen LogP contribution is 2.31. The molecule has 0 bridgehead atoms. The van der Waals surface area contributed by atoms with E-state index in [0.29, 0.717) is 6.04 Å². The van der Waals surface area contributed by atoms with Gasteiger partial charge in [0, 0.05) is 63.4 Å². The summed E-state index contributed by atoms with van der Waals surface area (Å²) in [6.07, 6.45) is 20.7. The fraction of sp³-hybridized carbons (Fsp3) is 0.800. The standard InChI is InChI=1S/C11H18N2.C10H18N2.C9H16N2/c1-2-8-6-12-7-10(8)11(3-1)13-9-4-5-9;1-2-12-10-5-3-4-8-6-11-7-9(8)10;1-10-9-4-2-3-7-5-11-6-8(7)9/h1-2,8-13H,3-7H2;3-4,8-12H,2,5-7H2,1H3;2-3,7-11H,4-6H2,1H3. The summed E-state index contributed by atoms with van der Waals surface area (Å²) in [6.45, 7) is 10.5. The molecular formula is C30H52N6. The summed E-state index contributed by atoms with van der Waals surface area (Å²) in [6, 6.07) is 3.05. The van der Waals surface area contributed by atoms with Crippen LogP contribution in [0.1, 0.15) is 39.0 Å². The van der Waals surface area contributed by atoms with Crippen molar-refractivity contribution in [2.45, 2.75) is 63.2 Å². The van der Waals surface area contributed by atoms with E-state index in [1.54, 1.807) is 0 Å². The van der Waals surface area contributed by atoms with E-state index in [9.17, 15) is 0 Å². The minimum Gasteiger partial charge on any atom is -0.316 e. The lowest BCUT2D eigenvalue weighted by Crippen LogP contribution is -2.42. The van der Waals surface area contributed by atoms with E-state index in [4.69, 9.17) is 0 Å². The van der Waals surface area contributed by atoms with Crippen LogP contribution in [0.25, 0.3) is 0 Å². The highest BCUT2D eigenvalue weighted by atomic mass is 15.0. The summed E-state index contributed by atoms with van der Waals surface area (Å²) in [7, 11) is 2.07. The molecule has 7 aliphatic rings. The van der Waals surface area contributed by atoms with Gasteiger partial charge in [-0.1, -0.05) is 43.4 Å². The van der Waals surface area contributed by atoms with Crippen LogP contribution in [0.2, 0.25) is 0 Å². The van der Waals surface area contributed by atoms with Gasteiger partial charge in [0.1, 0.15) is 0 Å². The molecule has 0 aromatic heterocycles. The Morgan fingerprint density at radius 1 is 0.639 bits per heavy atom. The summed E-state index contributed by atoms with van der Waals surface area (Å²) in [5.41, 5.74) is 0. The van der Waals surface area contributed by atoms with Crippen molar-refractivity contribution >= 4 is 0 Å². The number of hydrogen-bond donors (Lipinski definition) is 6. The van der Waals surface area contributed by atoms with Gasteiger partial charge in [0.25, 0.3) is 0 Å². The van der Waals surface area contributed by atoms with Gasteiger partial charge in [-0.2, -0.15) is 0 Å². The smallest absolute Gasteiger partial charge is 0.0151 e. The lowest BCUT2D eigenvalue weighted by molar-refractivity contribution is 0.320. The second-order valence-electron chi connectivity index (χ2n) is 12.1. The Morgan fingerprint density at radius 3 is 1.61 bits per heavy atom. The van der Waals surface area contributed by atoms with E-state index in [-0.39, 0.29) is 0 Å². The first-order chi connectivity index (χ1) is 17.8. The number of hydrogen-bond acceptors (Lipinski definition) is 6. The number of rotatable bonds is 5. The fourth-order valence-corrected chi connectivity index (χ4v) is 7.41. The molecule has 0 aromatic rings. The van der Waals surface area contributed by atoms with Crippen LogP contribution in [-0.4, -0.2) is 77.0 Å². The Labute approximate surface area is 220 Å². The molecular weight excluding hydrogens is 444 g/mol. The average Bonchev–Trinajstić information content (AvgIpc) is 3.31. The van der Waals surface area contributed by atoms with Gasteiger partial charge < -0.3 is 31.9 Å². The first kappa shape index (κ1) is 26.6. The normalized spacial score (nSPS) is 42.0. The molecule has 4 fully saturated rings. The topological polar surface area (TPSA) is 72.2 Å². The summed E-state index contributed by atoms with van der Waals surface area (Å²) >= 11 is 0. The number of fused-ring (bicyclic) bond motifs is 3. The van der Waals surface area contributed by atoms with Crippen LogP contribution in [-0.2, 0) is 0 Å². The molecule has 0 spiro atoms. The Bertz CT molecular complexity index is 761. The van der Waals surface area contributed by atoms with E-state index in [0.717, 1.165) is 60.2 Å². The minimum absolute atomic E-state index is 0.708. The molecule has 6 nitrogen and oxygen atoms in total. The van der Waals surface area contributed by atoms with Crippen molar-refractivity contribution in [3.05, 3.63) is 36.5 Å². The Balaban J connectivity index is 0.000000112. The summed E-state index contributed by atoms with van der Waals surface area (Å²) in [5, 5.41) is 21.1. The van der Waals surface area contributed by atoms with Crippen molar-refractivity contribution in [3.63, 3.8) is 0 Å². The van der Waals surface area contributed by atoms with Crippen LogP contribution in [0.15, 0.2) is 36.5 Å². The molecule has 0 aromatic carbocycles. The predicted octanol–water partition coefficient (Wildman–Crippen LogP) is 2.03. The van der Waals surface area contributed by atoms with Crippen LogP contribution in [0.5, 0.6) is 0 Å². The molecule has 202 valence electrons. The van der Waals surface area contributed by atoms with Crippen LogP contribution in [0, 0.1) is 35.5 Å². The van der Waals surface area contributed by atoms with Crippen molar-refractivity contribution < 1.29 is 0 Å². The van der Waals surface area contributed by atoms with Crippen molar-refractivity contribution in [1.29, 1.82) is 0 Å². The summed E-state index contributed by atoms with van der Waals surface area (Å²) < 4.78 is 0. The molecule has 3 heterocycles. The molecule has 7 rings (SSSR count). The van der Waals surface area contributed by atoms with E-state index in [1.165, 1.54) is 71.4 Å². The third-order valence-corrected chi connectivity index (χ3v) is 9.66. The van der Waals surface area contributed by atoms with Crippen LogP contribution in [0.4, 0.5) is 0 Å². The van der Waals surface area contributed by atoms with Crippen LogP contribution < -0.4 is 31.9 Å². The predicted molar refractivity (Wildman–Crippen MR) is 151 cm³/mol. The van der Waals surface area contributed by atoms with Crippen molar-refractivity contribution in [2.24, 2.45) is 35.5 Å². The molecule has 9 atom stereocenters. The molecule has 36 heavy (non-hydrogen) atoms. The quantitative estimate of drug-likeness (QED) is 0.327. The maximum Gasteiger partial charge on any atom is 0.0151 e. The number of nitrogens with one attached hydrogen (secondary N) is 6. The summed E-state index contributed by atoms with van der Waals surface area (Å²) in [4.78, 5) is 0. The summed E-state index contributed by atoms with van der Waals surface area (Å²) in [5.74, 6) is 4.94. The highest BCUT2D eigenvalue weighted by Gasteiger charge is 2.37. The van der Waals surface area contributed by atoms with E-state index >= 15 is 0 Å². The molecule has 6 heteroatoms. The van der Waals surface area contributed by atoms with E-state index < -0.39 is 0 Å². The minimum atomic E-state index is 0.708. The van der Waals surface area contributed by atoms with Gasteiger partial charge in [-0.3, -0.25) is 0 Å². The zero-order valence-corrected chi connectivity index (χ0v) is 22.7. The van der Waals surface area contributed by atoms with E-state index in [1.807, 2.05) is 0 Å². The molecule has 0 amide bonds. The van der Waals surface area contributed by atoms with Gasteiger partial charge in [-0.25, -0.2) is 0 Å². The molecule has 3 saturated heterocycles. The average molecular weight is 497 g/mol. The lowest BCUT2D eigenvalue weighted by atomic mass is 9.82. The zero-order valence-electron chi connectivity index (χ0n) is 22.7. The monoisotopic (exact) mass is 496 g/mol. The second-order valence-corrected chi connectivity index (χ2v) is 12.1. The Kier molecular flexibility index (Phi) is 9.72. The zero-order chi connectivity index (χ0) is 24.7. The molecule has 3 aliphatic heterocycles. The van der Waals surface area contributed by atoms with Crippen molar-refractivity contribution in [3.8, 4) is 0 Å². The van der Waals surface area contributed by atoms with Gasteiger partial charge in [0.05, 0.1) is 0 Å². The first-order valence-corrected chi connectivity index (χ1v) is 15.1. The van der Waals surface area contributed by atoms with Crippen LogP contribution in [0.3, 0.4) is 0 Å². The molecule has 6 N–H and O–H groups in total. The maximum absolute atomic E-state index is 3.77. The third kappa shape index (κ3) is 6.69. The van der Waals surface area contributed by atoms with Gasteiger partial charge in [-0.05, 0) is 81.2 Å². The Morgan fingerprint density at radius 2 is 1.11 bits per heavy atom. The lowest BCUT2D eigenvalue weighted by Gasteiger charge is -2.30. The fourth-order valence-electron chi connectivity index (χ4n) is 7.41. The van der Waals surface area contributed by atoms with Gasteiger partial charge in [0.2, 0.25) is 0 Å². The molecule has 9 unspecified atom stereocenters. The largest absolute Gasteiger partial charge is 0.316 e. The second kappa shape index (κ2) is 13.2. The van der Waals surface area contributed by atoms with Gasteiger partial charge in [0.15, 0.2) is 0 Å². The SMILES string of the molecule is C1=CC2CNCC2C(NC2CC2)C1.CCNC1CC=CC2CNCC21.CNC1CC=CC2CNCC21. The van der Waals surface area contributed by atoms with Crippen molar-refractivity contribution in [2.75, 3.05) is 52.9 Å².